The zero-order valence-corrected chi connectivity index (χ0v) is 2.52. The maximum atomic E-state index is 7.56. The molecule has 0 aromatic carbocycles. The van der Waals surface area contributed by atoms with Crippen molar-refractivity contribution >= 4 is 13.5 Å². The van der Waals surface area contributed by atoms with E-state index in [0.29, 0.717) is 0 Å². The second-order valence-corrected chi connectivity index (χ2v) is 0.512. The Balaban J connectivity index is 2.30. The van der Waals surface area contributed by atoms with Crippen molar-refractivity contribution in [3.63, 3.8) is 0 Å². The van der Waals surface area contributed by atoms with E-state index in [-0.39, 0.29) is 0 Å². The minimum absolute atomic E-state index is 0.681. The van der Waals surface area contributed by atoms with E-state index < -0.39 is 7.41 Å². The van der Waals surface area contributed by atoms with Crippen LogP contribution in [-0.4, -0.2) is 13.5 Å². The van der Waals surface area contributed by atoms with Crippen molar-refractivity contribution in [2.45, 2.75) is 0 Å². The average Bonchev–Trinajstić information content (AvgIpc) is 1.37. The molecular weight excluding hydrogens is 50.8 g/mol. The zero-order chi connectivity index (χ0) is 3.41. The van der Waals surface area contributed by atoms with E-state index in [0.717, 1.165) is 0 Å². The Hall–Kier alpha value is -0.395. The van der Waals surface area contributed by atoms with Gasteiger partial charge in [0.05, 0.1) is 5.41 Å². The van der Waals surface area contributed by atoms with Crippen LogP contribution < -0.4 is 11.1 Å². The van der Waals surface area contributed by atoms with Gasteiger partial charge in [0, 0.05) is 0 Å². The molecule has 2 nitrogen and oxygen atoms in total. The van der Waals surface area contributed by atoms with E-state index >= 15 is 0 Å². The summed E-state index contributed by atoms with van der Waals surface area (Å²) in [4.78, 5) is 0. The predicted octanol–water partition coefficient (Wildman–Crippen LogP) is -2.27. The molecule has 0 atom stereocenters. The molecule has 0 aliphatic carbocycles. The predicted molar refractivity (Wildman–Crippen MR) is 19.9 cm³/mol. The van der Waals surface area contributed by atoms with Gasteiger partial charge >= 0.3 is 7.41 Å². The third-order valence-electron chi connectivity index (χ3n) is 0.129. The highest BCUT2D eigenvalue weighted by atomic mass is 14.4. The first-order chi connectivity index (χ1) is 1.91. The molecule has 0 aromatic heterocycles. The SMILES string of the molecule is [N]=[C+][BH2-]N. The highest BCUT2D eigenvalue weighted by molar-refractivity contribution is 6.64. The Labute approximate surface area is 25.8 Å². The van der Waals surface area contributed by atoms with Crippen LogP contribution in [0.2, 0.25) is 0 Å². The van der Waals surface area contributed by atoms with Gasteiger partial charge < -0.3 is 5.64 Å². The van der Waals surface area contributed by atoms with Crippen LogP contribution in [-0.2, 0) is 0 Å². The van der Waals surface area contributed by atoms with E-state index in [4.69, 9.17) is 11.1 Å². The molecule has 1 radical (unpaired) electrons. The highest BCUT2D eigenvalue weighted by Gasteiger charge is 1.66. The van der Waals surface area contributed by atoms with Crippen LogP contribution in [0.1, 0.15) is 0 Å². The summed E-state index contributed by atoms with van der Waals surface area (Å²) in [6.45, 7) is 0. The quantitative estimate of drug-likeness (QED) is 0.205. The van der Waals surface area contributed by atoms with E-state index in [1.807, 2.05) is 6.11 Å². The average molecular weight is 54.9 g/mol. The monoisotopic (exact) mass is 55.0 g/mol. The van der Waals surface area contributed by atoms with E-state index in [2.05, 4.69) is 0 Å². The van der Waals surface area contributed by atoms with E-state index in [1.165, 1.54) is 0 Å². The Morgan fingerprint density at radius 2 is 2.25 bits per heavy atom. The number of nitrogens with two attached hydrogens (primary N) is 1. The van der Waals surface area contributed by atoms with Crippen molar-refractivity contribution in [2.24, 2.45) is 5.64 Å². The molecule has 0 fully saturated rings. The molecule has 0 spiro atoms. The summed E-state index contributed by atoms with van der Waals surface area (Å²) in [5.74, 6) is 0. The Bertz CT molecular complexity index is 20.0. The third-order valence-corrected chi connectivity index (χ3v) is 0.129. The fourth-order valence-electron chi connectivity index (χ4n) is 0. The molecule has 2 N–H and O–H groups in total. The summed E-state index contributed by atoms with van der Waals surface area (Å²) >= 11 is 0. The van der Waals surface area contributed by atoms with Gasteiger partial charge in [-0.25, -0.2) is 0 Å². The lowest BCUT2D eigenvalue weighted by Crippen LogP contribution is -2.05. The molecule has 0 heterocycles. The molecule has 21 valence electrons. The van der Waals surface area contributed by atoms with Crippen molar-refractivity contribution in [3.8, 4) is 0 Å². The fraction of sp³-hybridized carbons (Fsp3) is 0. The van der Waals surface area contributed by atoms with E-state index in [9.17, 15) is 0 Å². The smallest absolute Gasteiger partial charge is 0.358 e. The van der Waals surface area contributed by atoms with Crippen molar-refractivity contribution in [3.05, 3.63) is 0 Å². The second kappa shape index (κ2) is 2.60. The number of rotatable bonds is 1. The molecule has 4 heavy (non-hydrogen) atoms. The lowest BCUT2D eigenvalue weighted by molar-refractivity contribution is 1.90. The molecule has 0 aliphatic rings. The highest BCUT2D eigenvalue weighted by Crippen LogP contribution is 1.07. The molecule has 0 rings (SSSR count). The summed E-state index contributed by atoms with van der Waals surface area (Å²) in [7, 11) is -0.681. The maximum Gasteiger partial charge on any atom is 0.358 e. The van der Waals surface area contributed by atoms with Gasteiger partial charge in [-0.15, -0.1) is 0 Å². The minimum Gasteiger partial charge on any atom is -0.455 e. The molecule has 0 saturated heterocycles. The van der Waals surface area contributed by atoms with E-state index in [1.54, 1.807) is 0 Å². The lowest BCUT2D eigenvalue weighted by atomic mass is 10.0. The largest absolute Gasteiger partial charge is 0.455 e. The zero-order valence-electron chi connectivity index (χ0n) is 2.52. The van der Waals surface area contributed by atoms with Crippen LogP contribution in [0.25, 0.3) is 0 Å². The second-order valence-electron chi connectivity index (χ2n) is 0.512. The third kappa shape index (κ3) is 1.60. The number of hydrogen-bond acceptors (Lipinski definition) is 1. The minimum atomic E-state index is -0.681. The number of hydrogen-bond donors (Lipinski definition) is 1. The molecule has 0 bridgehead atoms. The standard InChI is InChI=1S/CH4BN2/c3-1-2-4/h2,4H2. The summed E-state index contributed by atoms with van der Waals surface area (Å²) in [5, 5.41) is 7.56. The molecular formula is CH4BN2. The Morgan fingerprint density at radius 1 is 2.00 bits per heavy atom. The van der Waals surface area contributed by atoms with Crippen LogP contribution >= 0.6 is 0 Å². The van der Waals surface area contributed by atoms with Crippen LogP contribution in [0.5, 0.6) is 0 Å². The first-order valence-corrected chi connectivity index (χ1v) is 1.30. The van der Waals surface area contributed by atoms with Gasteiger partial charge in [0.15, 0.2) is 0 Å². The maximum absolute atomic E-state index is 7.56. The van der Waals surface area contributed by atoms with Crippen LogP contribution in [0.15, 0.2) is 0 Å². The first kappa shape index (κ1) is 3.60. The van der Waals surface area contributed by atoms with Crippen molar-refractivity contribution in [2.75, 3.05) is 0 Å². The van der Waals surface area contributed by atoms with Gasteiger partial charge in [-0.05, 0) is 0 Å². The van der Waals surface area contributed by atoms with Crippen LogP contribution in [0.4, 0.5) is 0 Å². The topological polar surface area (TPSA) is 48.3 Å². The lowest BCUT2D eigenvalue weighted by Gasteiger charge is -1.45. The molecule has 0 unspecified atom stereocenters. The fourth-order valence-corrected chi connectivity index (χ4v) is 0. The summed E-state index contributed by atoms with van der Waals surface area (Å²) < 4.78 is 0. The summed E-state index contributed by atoms with van der Waals surface area (Å²) in [5.41, 5.74) is 4.79. The molecule has 0 aromatic rings. The van der Waals surface area contributed by atoms with Crippen LogP contribution in [0.3, 0.4) is 0 Å². The van der Waals surface area contributed by atoms with Crippen molar-refractivity contribution in [1.82, 2.24) is 5.41 Å². The molecule has 0 aliphatic heterocycles. The number of nitrogens with zero attached hydrogens (tertiary/aromatic N) is 1. The molecule has 0 saturated carbocycles. The van der Waals surface area contributed by atoms with Crippen molar-refractivity contribution < 1.29 is 0 Å². The summed E-state index contributed by atoms with van der Waals surface area (Å²) in [6, 6.07) is 0. The Morgan fingerprint density at radius 3 is 2.25 bits per heavy atom. The summed E-state index contributed by atoms with van der Waals surface area (Å²) in [6.07, 6.45) is 1.83. The molecule has 3 heteroatoms. The molecule has 0 amide bonds. The van der Waals surface area contributed by atoms with Gasteiger partial charge in [0.25, 0.3) is 0 Å². The van der Waals surface area contributed by atoms with Crippen molar-refractivity contribution in [1.29, 1.82) is 0 Å². The Kier molecular flexibility index (Phi) is 2.35. The van der Waals surface area contributed by atoms with Gasteiger partial charge in [-0.3, -0.25) is 0 Å². The normalized spacial score (nSPS) is 5.25. The van der Waals surface area contributed by atoms with Gasteiger partial charge in [-0.2, -0.15) is 0 Å². The van der Waals surface area contributed by atoms with Gasteiger partial charge in [-0.1, -0.05) is 0 Å². The first-order valence-electron chi connectivity index (χ1n) is 1.30. The van der Waals surface area contributed by atoms with Crippen LogP contribution in [0, 0.1) is 0 Å². The van der Waals surface area contributed by atoms with Gasteiger partial charge in [0.2, 0.25) is 0 Å². The van der Waals surface area contributed by atoms with Gasteiger partial charge in [0.1, 0.15) is 6.11 Å².